The van der Waals surface area contributed by atoms with Crippen LogP contribution in [0.15, 0.2) is 24.3 Å². The second kappa shape index (κ2) is 5.81. The first kappa shape index (κ1) is 14.8. The maximum Gasteiger partial charge on any atom is 0.326 e. The Kier molecular flexibility index (Phi) is 4.10. The summed E-state index contributed by atoms with van der Waals surface area (Å²) in [5, 5.41) is 27.6. The van der Waals surface area contributed by atoms with Crippen molar-refractivity contribution in [2.75, 3.05) is 18.5 Å². The van der Waals surface area contributed by atoms with Gasteiger partial charge in [-0.15, -0.1) is 0 Å². The molecule has 0 bridgehead atoms. The number of aliphatic hydroxyl groups is 1. The molecule has 0 unspecified atom stereocenters. The Balaban J connectivity index is 2.22. The summed E-state index contributed by atoms with van der Waals surface area (Å²) in [5.41, 5.74) is 0.896. The van der Waals surface area contributed by atoms with Crippen molar-refractivity contribution in [2.24, 2.45) is 0 Å². The van der Waals surface area contributed by atoms with Gasteiger partial charge in [0.1, 0.15) is 6.04 Å². The lowest BCUT2D eigenvalue weighted by Crippen LogP contribution is -2.47. The molecule has 7 nitrogen and oxygen atoms in total. The van der Waals surface area contributed by atoms with Gasteiger partial charge in [-0.3, -0.25) is 4.90 Å². The van der Waals surface area contributed by atoms with Crippen LogP contribution in [0.25, 0.3) is 0 Å². The molecule has 0 aliphatic carbocycles. The van der Waals surface area contributed by atoms with Crippen molar-refractivity contribution in [3.05, 3.63) is 29.8 Å². The van der Waals surface area contributed by atoms with Crippen LogP contribution in [0.3, 0.4) is 0 Å². The zero-order chi connectivity index (χ0) is 15.6. The van der Waals surface area contributed by atoms with Crippen LogP contribution >= 0.6 is 0 Å². The van der Waals surface area contributed by atoms with Gasteiger partial charge in [0.15, 0.2) is 0 Å². The third-order valence-electron chi connectivity index (χ3n) is 3.46. The molecule has 1 heterocycles. The second-order valence-corrected chi connectivity index (χ2v) is 4.90. The summed E-state index contributed by atoms with van der Waals surface area (Å²) in [4.78, 5) is 26.0. The third kappa shape index (κ3) is 2.95. The quantitative estimate of drug-likeness (QED) is 0.831. The molecule has 1 aliphatic heterocycles. The highest BCUT2D eigenvalue weighted by atomic mass is 16.4. The lowest BCUT2D eigenvalue weighted by atomic mass is 10.2. The fraction of sp³-hybridized carbons (Fsp3) is 0.357. The lowest BCUT2D eigenvalue weighted by molar-refractivity contribution is -0.141. The number of nitrogens with zero attached hydrogens (tertiary/aromatic N) is 3. The number of amides is 2. The van der Waals surface area contributed by atoms with Crippen LogP contribution in [-0.2, 0) is 4.79 Å². The molecule has 1 fully saturated rings. The van der Waals surface area contributed by atoms with E-state index in [4.69, 9.17) is 10.4 Å². The Hall–Kier alpha value is -2.59. The van der Waals surface area contributed by atoms with Crippen LogP contribution in [0.2, 0.25) is 0 Å². The Bertz CT molecular complexity index is 610. The van der Waals surface area contributed by atoms with Gasteiger partial charge in [-0.25, -0.2) is 9.59 Å². The number of carboxylic acids is 1. The Morgan fingerprint density at radius 2 is 2.19 bits per heavy atom. The van der Waals surface area contributed by atoms with Gasteiger partial charge in [0.25, 0.3) is 0 Å². The van der Waals surface area contributed by atoms with Crippen LogP contribution in [-0.4, -0.2) is 52.9 Å². The van der Waals surface area contributed by atoms with Crippen molar-refractivity contribution in [1.29, 1.82) is 5.26 Å². The number of aliphatic hydroxyl groups excluding tert-OH is 1. The summed E-state index contributed by atoms with van der Waals surface area (Å²) in [5.74, 6) is -1.14. The number of carbonyl (C=O) groups is 2. The number of carbonyl (C=O) groups excluding carboxylic acids is 1. The SMILES string of the molecule is CN(C(=O)N1C[C@@H](O)C[C@H]1C(=O)O)c1cccc(C#N)c1. The number of urea groups is 1. The molecule has 0 aromatic heterocycles. The zero-order valence-corrected chi connectivity index (χ0v) is 11.4. The zero-order valence-electron chi connectivity index (χ0n) is 11.4. The minimum absolute atomic E-state index is 0.0158. The second-order valence-electron chi connectivity index (χ2n) is 4.90. The van der Waals surface area contributed by atoms with Crippen molar-refractivity contribution >= 4 is 17.7 Å². The van der Waals surface area contributed by atoms with Crippen molar-refractivity contribution in [3.8, 4) is 6.07 Å². The molecule has 2 N–H and O–H groups in total. The van der Waals surface area contributed by atoms with E-state index in [9.17, 15) is 14.7 Å². The highest BCUT2D eigenvalue weighted by molar-refractivity contribution is 5.94. The maximum atomic E-state index is 12.4. The molecular weight excluding hydrogens is 274 g/mol. The first-order chi connectivity index (χ1) is 9.93. The third-order valence-corrected chi connectivity index (χ3v) is 3.46. The normalized spacial score (nSPS) is 20.9. The van der Waals surface area contributed by atoms with Gasteiger partial charge in [0, 0.05) is 25.7 Å². The van der Waals surface area contributed by atoms with Crippen molar-refractivity contribution in [2.45, 2.75) is 18.6 Å². The topological polar surface area (TPSA) is 105 Å². The standard InChI is InChI=1S/C14H15N3O4/c1-16(10-4-2-3-9(5-10)7-15)14(21)17-8-11(18)6-12(17)13(19)20/h2-5,11-12,18H,6,8H2,1H3,(H,19,20)/t11-,12-/m0/s1. The maximum absolute atomic E-state index is 12.4. The van der Waals surface area contributed by atoms with Crippen LogP contribution in [0.1, 0.15) is 12.0 Å². The molecular formula is C14H15N3O4. The molecule has 0 spiro atoms. The van der Waals surface area contributed by atoms with E-state index in [0.29, 0.717) is 11.3 Å². The van der Waals surface area contributed by atoms with Crippen LogP contribution in [0.4, 0.5) is 10.5 Å². The highest BCUT2D eigenvalue weighted by Gasteiger charge is 2.40. The molecule has 2 rings (SSSR count). The average molecular weight is 289 g/mol. The van der Waals surface area contributed by atoms with E-state index < -0.39 is 24.1 Å². The van der Waals surface area contributed by atoms with E-state index in [1.54, 1.807) is 24.3 Å². The summed E-state index contributed by atoms with van der Waals surface area (Å²) in [7, 11) is 1.50. The molecule has 21 heavy (non-hydrogen) atoms. The number of benzene rings is 1. The predicted octanol–water partition coefficient (Wildman–Crippen LogP) is 0.634. The number of carboxylic acid groups (broad SMARTS) is 1. The van der Waals surface area contributed by atoms with Gasteiger partial charge in [0.05, 0.1) is 17.7 Å². The van der Waals surface area contributed by atoms with Gasteiger partial charge >= 0.3 is 12.0 Å². The molecule has 0 radical (unpaired) electrons. The largest absolute Gasteiger partial charge is 0.480 e. The number of likely N-dealkylation sites (tertiary alicyclic amines) is 1. The number of rotatable bonds is 2. The summed E-state index contributed by atoms with van der Waals surface area (Å²) in [6.07, 6.45) is -0.818. The number of anilines is 1. The molecule has 110 valence electrons. The van der Waals surface area contributed by atoms with E-state index in [1.165, 1.54) is 11.9 Å². The first-order valence-electron chi connectivity index (χ1n) is 6.39. The highest BCUT2D eigenvalue weighted by Crippen LogP contribution is 2.22. The Morgan fingerprint density at radius 1 is 1.48 bits per heavy atom. The lowest BCUT2D eigenvalue weighted by Gasteiger charge is -2.27. The summed E-state index contributed by atoms with van der Waals surface area (Å²) >= 11 is 0. The van der Waals surface area contributed by atoms with E-state index in [0.717, 1.165) is 4.90 Å². The van der Waals surface area contributed by atoms with Gasteiger partial charge < -0.3 is 15.1 Å². The van der Waals surface area contributed by atoms with Gasteiger partial charge in [0.2, 0.25) is 0 Å². The average Bonchev–Trinajstić information content (AvgIpc) is 2.88. The van der Waals surface area contributed by atoms with E-state index in [2.05, 4.69) is 0 Å². The molecule has 2 amide bonds. The number of hydrogen-bond acceptors (Lipinski definition) is 4. The molecule has 0 saturated carbocycles. The molecule has 1 aliphatic rings. The number of β-amino-alcohol motifs (C(OH)–C–C–N with tert-alkyl or cyclic N) is 1. The van der Waals surface area contributed by atoms with Gasteiger partial charge in [-0.1, -0.05) is 6.07 Å². The van der Waals surface area contributed by atoms with Gasteiger partial charge in [-0.2, -0.15) is 5.26 Å². The van der Waals surface area contributed by atoms with Crippen LogP contribution < -0.4 is 4.90 Å². The summed E-state index contributed by atoms with van der Waals surface area (Å²) in [6, 6.07) is 6.88. The van der Waals surface area contributed by atoms with Crippen LogP contribution in [0.5, 0.6) is 0 Å². The van der Waals surface area contributed by atoms with Crippen LogP contribution in [0, 0.1) is 11.3 Å². The number of aliphatic carboxylic acids is 1. The molecule has 7 heteroatoms. The monoisotopic (exact) mass is 289 g/mol. The summed E-state index contributed by atoms with van der Waals surface area (Å²) in [6.45, 7) is -0.0158. The molecule has 1 aromatic carbocycles. The van der Waals surface area contributed by atoms with Crippen molar-refractivity contribution < 1.29 is 19.8 Å². The molecule has 1 saturated heterocycles. The van der Waals surface area contributed by atoms with E-state index >= 15 is 0 Å². The number of nitriles is 1. The Morgan fingerprint density at radius 3 is 2.81 bits per heavy atom. The minimum Gasteiger partial charge on any atom is -0.480 e. The minimum atomic E-state index is -1.14. The first-order valence-corrected chi connectivity index (χ1v) is 6.39. The van der Waals surface area contributed by atoms with E-state index in [1.807, 2.05) is 6.07 Å². The van der Waals surface area contributed by atoms with E-state index in [-0.39, 0.29) is 13.0 Å². The predicted molar refractivity (Wildman–Crippen MR) is 73.7 cm³/mol. The molecule has 1 aromatic rings. The number of hydrogen-bond donors (Lipinski definition) is 2. The summed E-state index contributed by atoms with van der Waals surface area (Å²) < 4.78 is 0. The van der Waals surface area contributed by atoms with Gasteiger partial charge in [-0.05, 0) is 18.2 Å². The van der Waals surface area contributed by atoms with Crippen molar-refractivity contribution in [1.82, 2.24) is 4.90 Å². The fourth-order valence-electron chi connectivity index (χ4n) is 2.35. The fourth-order valence-corrected chi connectivity index (χ4v) is 2.35. The molecule has 2 atom stereocenters. The Labute approximate surface area is 121 Å². The smallest absolute Gasteiger partial charge is 0.326 e. The van der Waals surface area contributed by atoms with Crippen molar-refractivity contribution in [3.63, 3.8) is 0 Å².